The third-order valence-corrected chi connectivity index (χ3v) is 2.90. The minimum absolute atomic E-state index is 0.704. The molecule has 7 heteroatoms. The molecule has 94 valence electrons. The van der Waals surface area contributed by atoms with Gasteiger partial charge in [-0.2, -0.15) is 13.2 Å². The van der Waals surface area contributed by atoms with Crippen molar-refractivity contribution in [2.75, 3.05) is 0 Å². The van der Waals surface area contributed by atoms with Crippen LogP contribution in [0.25, 0.3) is 5.70 Å². The number of allylic oxidation sites excluding steroid dienone is 1. The molecule has 0 radical (unpaired) electrons. The van der Waals surface area contributed by atoms with Gasteiger partial charge in [-0.3, -0.25) is 0 Å². The standard InChI is InChI=1S/C11H8F3N3S/c12-11(13,14)10(17-7-6-15-16-17)8-18-9-4-2-1-3-5-9/h1-8H/b10-8-. The predicted octanol–water partition coefficient (Wildman–Crippen LogP) is 3.43. The van der Waals surface area contributed by atoms with E-state index in [0.717, 1.165) is 28.3 Å². The minimum Gasteiger partial charge on any atom is -0.215 e. The second kappa shape index (κ2) is 5.26. The van der Waals surface area contributed by atoms with Crippen molar-refractivity contribution in [3.63, 3.8) is 0 Å². The molecular weight excluding hydrogens is 263 g/mol. The molecule has 2 rings (SSSR count). The smallest absolute Gasteiger partial charge is 0.215 e. The summed E-state index contributed by atoms with van der Waals surface area (Å²) in [5.41, 5.74) is -0.867. The highest BCUT2D eigenvalue weighted by atomic mass is 32.2. The molecule has 0 fully saturated rings. The number of alkyl halides is 3. The fourth-order valence-corrected chi connectivity index (χ4v) is 2.01. The van der Waals surface area contributed by atoms with Gasteiger partial charge < -0.3 is 0 Å². The molecule has 1 aromatic carbocycles. The molecule has 3 nitrogen and oxygen atoms in total. The lowest BCUT2D eigenvalue weighted by Crippen LogP contribution is -2.16. The van der Waals surface area contributed by atoms with E-state index in [1.54, 1.807) is 30.3 Å². The lowest BCUT2D eigenvalue weighted by atomic mass is 10.4. The summed E-state index contributed by atoms with van der Waals surface area (Å²) in [7, 11) is 0. The number of aromatic nitrogens is 3. The fraction of sp³-hybridized carbons (Fsp3) is 0.0909. The van der Waals surface area contributed by atoms with Crippen molar-refractivity contribution < 1.29 is 13.2 Å². The van der Waals surface area contributed by atoms with Crippen LogP contribution in [0.2, 0.25) is 0 Å². The fourth-order valence-electron chi connectivity index (χ4n) is 1.21. The first kappa shape index (κ1) is 12.7. The summed E-state index contributed by atoms with van der Waals surface area (Å²) >= 11 is 0.983. The van der Waals surface area contributed by atoms with Crippen LogP contribution in [0.1, 0.15) is 0 Å². The average molecular weight is 271 g/mol. The van der Waals surface area contributed by atoms with E-state index in [9.17, 15) is 13.2 Å². The third-order valence-electron chi connectivity index (χ3n) is 2.01. The van der Waals surface area contributed by atoms with Crippen molar-refractivity contribution >= 4 is 17.5 Å². The van der Waals surface area contributed by atoms with Crippen molar-refractivity contribution in [1.29, 1.82) is 0 Å². The van der Waals surface area contributed by atoms with Crippen molar-refractivity contribution in [2.45, 2.75) is 11.1 Å². The zero-order valence-electron chi connectivity index (χ0n) is 9.00. The van der Waals surface area contributed by atoms with E-state index in [1.165, 1.54) is 6.20 Å². The normalized spacial score (nSPS) is 12.7. The summed E-state index contributed by atoms with van der Waals surface area (Å²) in [6, 6.07) is 8.79. The second-order valence-corrected chi connectivity index (χ2v) is 4.22. The summed E-state index contributed by atoms with van der Waals surface area (Å²) in [5.74, 6) is 0. The van der Waals surface area contributed by atoms with Gasteiger partial charge in [0, 0.05) is 10.3 Å². The molecule has 0 amide bonds. The van der Waals surface area contributed by atoms with Crippen molar-refractivity contribution in [1.82, 2.24) is 15.0 Å². The van der Waals surface area contributed by atoms with Gasteiger partial charge >= 0.3 is 6.18 Å². The maximum atomic E-state index is 12.8. The van der Waals surface area contributed by atoms with Crippen molar-refractivity contribution in [3.8, 4) is 0 Å². The molecule has 0 saturated heterocycles. The van der Waals surface area contributed by atoms with Gasteiger partial charge in [-0.15, -0.1) is 5.10 Å². The summed E-state index contributed by atoms with van der Waals surface area (Å²) in [5, 5.41) is 7.75. The van der Waals surface area contributed by atoms with Gasteiger partial charge in [0.1, 0.15) is 0 Å². The molecule has 0 saturated carbocycles. The van der Waals surface area contributed by atoms with Crippen molar-refractivity contribution in [2.24, 2.45) is 0 Å². The quantitative estimate of drug-likeness (QED) is 0.801. The van der Waals surface area contributed by atoms with Gasteiger partial charge in [0.15, 0.2) is 5.70 Å². The largest absolute Gasteiger partial charge is 0.433 e. The molecule has 1 aromatic heterocycles. The first-order chi connectivity index (χ1) is 8.57. The Morgan fingerprint density at radius 2 is 1.94 bits per heavy atom. The SMILES string of the molecule is FC(F)(F)/C(=C/Sc1ccccc1)n1ccnn1. The summed E-state index contributed by atoms with van der Waals surface area (Å²) in [6.07, 6.45) is -2.12. The van der Waals surface area contributed by atoms with Crippen LogP contribution in [-0.2, 0) is 0 Å². The van der Waals surface area contributed by atoms with Gasteiger partial charge in [0.05, 0.1) is 12.4 Å². The van der Waals surface area contributed by atoms with Gasteiger partial charge in [0.2, 0.25) is 0 Å². The van der Waals surface area contributed by atoms with Crippen LogP contribution in [0, 0.1) is 0 Å². The molecule has 2 aromatic rings. The number of hydrogen-bond acceptors (Lipinski definition) is 3. The van der Waals surface area contributed by atoms with E-state index in [2.05, 4.69) is 10.3 Å². The zero-order valence-corrected chi connectivity index (χ0v) is 9.82. The first-order valence-corrected chi connectivity index (χ1v) is 5.81. The van der Waals surface area contributed by atoms with Gasteiger partial charge in [-0.1, -0.05) is 35.2 Å². The van der Waals surface area contributed by atoms with Crippen LogP contribution in [0.3, 0.4) is 0 Å². The van der Waals surface area contributed by atoms with Crippen LogP contribution in [0.4, 0.5) is 13.2 Å². The highest BCUT2D eigenvalue weighted by Gasteiger charge is 2.35. The average Bonchev–Trinajstić information content (AvgIpc) is 2.82. The predicted molar refractivity (Wildman–Crippen MR) is 62.6 cm³/mol. The molecule has 0 bridgehead atoms. The molecule has 0 N–H and O–H groups in total. The molecule has 0 atom stereocenters. The van der Waals surface area contributed by atoms with Crippen LogP contribution in [0.5, 0.6) is 0 Å². The number of nitrogens with zero attached hydrogens (tertiary/aromatic N) is 3. The number of thioether (sulfide) groups is 1. The third kappa shape index (κ3) is 3.13. The molecule has 0 aliphatic heterocycles. The van der Waals surface area contributed by atoms with Gasteiger partial charge in [-0.05, 0) is 12.1 Å². The highest BCUT2D eigenvalue weighted by Crippen LogP contribution is 2.32. The van der Waals surface area contributed by atoms with E-state index >= 15 is 0 Å². The first-order valence-electron chi connectivity index (χ1n) is 4.93. The van der Waals surface area contributed by atoms with Gasteiger partial charge in [-0.25, -0.2) is 4.68 Å². The maximum absolute atomic E-state index is 12.8. The zero-order chi connectivity index (χ0) is 13.0. The van der Waals surface area contributed by atoms with E-state index < -0.39 is 11.9 Å². The Kier molecular flexibility index (Phi) is 3.71. The number of hydrogen-bond donors (Lipinski definition) is 0. The summed E-state index contributed by atoms with van der Waals surface area (Å²) in [6.45, 7) is 0. The molecule has 0 spiro atoms. The van der Waals surface area contributed by atoms with Gasteiger partial charge in [0.25, 0.3) is 0 Å². The Morgan fingerprint density at radius 1 is 1.22 bits per heavy atom. The van der Waals surface area contributed by atoms with Crippen LogP contribution < -0.4 is 0 Å². The Balaban J connectivity index is 2.25. The number of benzene rings is 1. The lowest BCUT2D eigenvalue weighted by molar-refractivity contribution is -0.0743. The molecular formula is C11H8F3N3S. The molecule has 0 unspecified atom stereocenters. The minimum atomic E-state index is -4.48. The molecule has 0 aliphatic carbocycles. The summed E-state index contributed by atoms with van der Waals surface area (Å²) < 4.78 is 39.2. The highest BCUT2D eigenvalue weighted by molar-refractivity contribution is 8.02. The Morgan fingerprint density at radius 3 is 2.50 bits per heavy atom. The van der Waals surface area contributed by atoms with Crippen LogP contribution in [-0.4, -0.2) is 21.2 Å². The summed E-state index contributed by atoms with van der Waals surface area (Å²) in [4.78, 5) is 0.722. The molecule has 0 aliphatic rings. The number of rotatable bonds is 3. The Bertz CT molecular complexity index is 520. The Hall–Kier alpha value is -1.76. The van der Waals surface area contributed by atoms with E-state index in [4.69, 9.17) is 0 Å². The van der Waals surface area contributed by atoms with Crippen molar-refractivity contribution in [3.05, 3.63) is 48.1 Å². The molecule has 18 heavy (non-hydrogen) atoms. The van der Waals surface area contributed by atoms with E-state index in [0.29, 0.717) is 4.68 Å². The van der Waals surface area contributed by atoms with E-state index in [1.807, 2.05) is 0 Å². The second-order valence-electron chi connectivity index (χ2n) is 3.28. The van der Waals surface area contributed by atoms with E-state index in [-0.39, 0.29) is 0 Å². The topological polar surface area (TPSA) is 30.7 Å². The molecule has 1 heterocycles. The van der Waals surface area contributed by atoms with Crippen LogP contribution >= 0.6 is 11.8 Å². The lowest BCUT2D eigenvalue weighted by Gasteiger charge is -2.10. The maximum Gasteiger partial charge on any atom is 0.433 e. The monoisotopic (exact) mass is 271 g/mol. The Labute approximate surface area is 105 Å². The van der Waals surface area contributed by atoms with Crippen LogP contribution in [0.15, 0.2) is 53.0 Å². The number of halogens is 3.